The summed E-state index contributed by atoms with van der Waals surface area (Å²) in [5, 5.41) is 78.4. The summed E-state index contributed by atoms with van der Waals surface area (Å²) in [6.45, 7) is 2.79. The first-order chi connectivity index (χ1) is 30.6. The van der Waals surface area contributed by atoms with Gasteiger partial charge in [0.15, 0.2) is 6.10 Å². The third kappa shape index (κ3) is 23.4. The molecule has 0 spiro atoms. The number of fused-ring (bicyclic) bond motifs is 4. The van der Waals surface area contributed by atoms with Gasteiger partial charge >= 0.3 is 19.8 Å². The van der Waals surface area contributed by atoms with Gasteiger partial charge in [0.2, 0.25) is 0 Å². The molecule has 1 saturated carbocycles. The number of hydrogen-bond donors (Lipinski definition) is 8. The molecule has 1 heterocycles. The maximum Gasteiger partial charge on any atom is 0.472 e. The molecule has 0 amide bonds. The number of allylic oxidation sites excluding steroid dienone is 4. The van der Waals surface area contributed by atoms with Crippen LogP contribution in [0, 0.1) is 11.8 Å². The summed E-state index contributed by atoms with van der Waals surface area (Å²) in [4.78, 5) is 49.9. The van der Waals surface area contributed by atoms with Gasteiger partial charge in [-0.15, -0.1) is 0 Å². The van der Waals surface area contributed by atoms with Crippen LogP contribution in [0.2, 0.25) is 0 Å². The van der Waals surface area contributed by atoms with E-state index in [1.165, 1.54) is 56.8 Å². The van der Waals surface area contributed by atoms with Crippen LogP contribution in [0.3, 0.4) is 0 Å². The number of phosphoric acid groups is 1. The molecule has 1 unspecified atom stereocenters. The van der Waals surface area contributed by atoms with E-state index in [0.717, 1.165) is 51.4 Å². The van der Waals surface area contributed by atoms with Crippen LogP contribution in [0.25, 0.3) is 0 Å². The lowest BCUT2D eigenvalue weighted by Gasteiger charge is -2.36. The normalized spacial score (nSPS) is 31.7. The van der Waals surface area contributed by atoms with E-state index in [1.54, 1.807) is 6.08 Å². The highest BCUT2D eigenvalue weighted by atomic mass is 31.2. The molecule has 1 aliphatic carbocycles. The minimum atomic E-state index is -5.45. The van der Waals surface area contributed by atoms with Crippen molar-refractivity contribution in [1.29, 1.82) is 0 Å². The van der Waals surface area contributed by atoms with Gasteiger partial charge in [-0.05, 0) is 57.8 Å². The number of aliphatic hydroxyl groups is 7. The quantitative estimate of drug-likeness (QED) is 0.0254. The summed E-state index contributed by atoms with van der Waals surface area (Å²) in [7, 11) is -5.45. The van der Waals surface area contributed by atoms with Gasteiger partial charge < -0.3 is 50.1 Å². The highest BCUT2D eigenvalue weighted by Crippen LogP contribution is 2.47. The Kier molecular flexibility index (Phi) is 30.0. The van der Waals surface area contributed by atoms with Gasteiger partial charge in [0.05, 0.1) is 31.0 Å². The summed E-state index contributed by atoms with van der Waals surface area (Å²) in [6.07, 6.45) is 8.83. The zero-order valence-corrected chi connectivity index (χ0v) is 39.2. The summed E-state index contributed by atoms with van der Waals surface area (Å²) in [5.74, 6) is -5.07. The number of carbonyl (C=O) groups is 3. The zero-order valence-electron chi connectivity index (χ0n) is 38.3. The molecule has 2 bridgehead atoms. The average molecular weight is 933 g/mol. The lowest BCUT2D eigenvalue weighted by atomic mass is 9.84. The number of esters is 2. The number of ketones is 1. The van der Waals surface area contributed by atoms with Gasteiger partial charge in [0, 0.05) is 31.1 Å². The smallest absolute Gasteiger partial charge is 0.462 e. The number of phosphoric ester groups is 1. The first-order valence-corrected chi connectivity index (χ1v) is 25.4. The van der Waals surface area contributed by atoms with Crippen molar-refractivity contribution >= 4 is 25.5 Å². The second kappa shape index (κ2) is 33.2. The largest absolute Gasteiger partial charge is 0.472 e. The van der Waals surface area contributed by atoms with Gasteiger partial charge in [-0.1, -0.05) is 121 Å². The Labute approximate surface area is 380 Å². The number of ether oxygens (including phenoxy) is 2. The molecule has 0 aromatic carbocycles. The van der Waals surface area contributed by atoms with Gasteiger partial charge in [0.25, 0.3) is 0 Å². The Morgan fingerprint density at radius 2 is 1.42 bits per heavy atom. The van der Waals surface area contributed by atoms with Gasteiger partial charge in [-0.25, -0.2) is 4.57 Å². The van der Waals surface area contributed by atoms with Crippen LogP contribution < -0.4 is 0 Å². The molecular weight excluding hydrogens is 851 g/mol. The monoisotopic (exact) mass is 933 g/mol. The Morgan fingerprint density at radius 1 is 0.812 bits per heavy atom. The van der Waals surface area contributed by atoms with E-state index in [9.17, 15) is 59.6 Å². The molecule has 0 saturated heterocycles. The number of aliphatic hydroxyl groups excluding tert-OH is 7. The molecule has 8 N–H and O–H groups in total. The third-order valence-electron chi connectivity index (χ3n) is 11.8. The topological polar surface area (TPSA) is 267 Å². The fourth-order valence-electron chi connectivity index (χ4n) is 7.81. The van der Waals surface area contributed by atoms with E-state index >= 15 is 0 Å². The summed E-state index contributed by atoms with van der Waals surface area (Å²) >= 11 is 0. The summed E-state index contributed by atoms with van der Waals surface area (Å²) in [6, 6.07) is 0. The number of carbonyl (C=O) groups excluding carboxylic acids is 3. The molecule has 2 aliphatic rings. The molecule has 370 valence electrons. The number of cyclic esters (lactones) is 1. The lowest BCUT2D eigenvalue weighted by molar-refractivity contribution is -0.166. The molecule has 16 nitrogen and oxygen atoms in total. The SMILES string of the molecule is CCCCCCCC/C=C\CCCCCCCC(=O)OC[C@@H]1COP(=O)(O)O[C@H]2[C@H](O)[C@@H](O)[C@H](O)[C@@H](C/C=C\CCCC(=O)O1)C(=O)C[C@@H](O)[C@H](/C=C/[C@@H](O)CCCCC)[C@@H](O)[C@H]2O. The number of hydrogen-bond acceptors (Lipinski definition) is 15. The van der Waals surface area contributed by atoms with Crippen molar-refractivity contribution in [3.63, 3.8) is 0 Å². The summed E-state index contributed by atoms with van der Waals surface area (Å²) in [5.41, 5.74) is 0. The molecule has 12 atom stereocenters. The average Bonchev–Trinajstić information content (AvgIpc) is 3.26. The van der Waals surface area contributed by atoms with Crippen LogP contribution in [0.4, 0.5) is 0 Å². The van der Waals surface area contributed by atoms with Crippen LogP contribution in [0.15, 0.2) is 36.5 Å². The van der Waals surface area contributed by atoms with Crippen molar-refractivity contribution in [3.05, 3.63) is 36.5 Å². The second-order valence-corrected chi connectivity index (χ2v) is 18.8. The van der Waals surface area contributed by atoms with E-state index in [1.807, 2.05) is 6.92 Å². The van der Waals surface area contributed by atoms with Crippen LogP contribution in [0.1, 0.15) is 162 Å². The predicted octanol–water partition coefficient (Wildman–Crippen LogP) is 5.98. The Bertz CT molecular complexity index is 1440. The minimum Gasteiger partial charge on any atom is -0.462 e. The van der Waals surface area contributed by atoms with Gasteiger partial charge in [0.1, 0.15) is 36.8 Å². The first-order valence-electron chi connectivity index (χ1n) is 23.9. The number of Topliss-reactive ketones (excluding diaryl/α,β-unsaturated/α-hetero) is 1. The fourth-order valence-corrected chi connectivity index (χ4v) is 8.78. The standard InChI is InChI=1S/C47H81O16P/c1-3-5-7-8-9-10-11-12-13-14-15-16-17-18-23-27-40(51)60-32-35-33-61-64(58,59)63-47-45(56)43(54)37(30-29-34(48)25-21-6-4-2)39(50)31-38(49)36(42(53)44(55)46(47)57)26-22-19-20-24-28-41(52)62-35/h12-13,19,22,29-30,34-37,39,42-48,50,53-57H,3-11,14-18,20-21,23-28,31-33H2,1-2H3,(H,58,59)/b13-12-,22-19-,30-29+/t34-,35+,36-,37-,39+,42+,43+,44-,45+,46+,47+/m0/s1. The maximum atomic E-state index is 13.6. The number of unbranched alkanes of at least 4 members (excludes halogenated alkanes) is 13. The van der Waals surface area contributed by atoms with Crippen LogP contribution in [0.5, 0.6) is 0 Å². The van der Waals surface area contributed by atoms with Crippen LogP contribution in [-0.4, -0.2) is 127 Å². The molecule has 0 aromatic heterocycles. The van der Waals surface area contributed by atoms with E-state index in [4.69, 9.17) is 18.5 Å². The van der Waals surface area contributed by atoms with E-state index < -0.39 is 112 Å². The fraction of sp³-hybridized carbons (Fsp3) is 0.809. The molecule has 1 aliphatic heterocycles. The highest BCUT2D eigenvalue weighted by molar-refractivity contribution is 7.47. The molecule has 2 rings (SSSR count). The van der Waals surface area contributed by atoms with E-state index in [-0.39, 0.29) is 25.7 Å². The number of rotatable bonds is 23. The Balaban J connectivity index is 2.15. The van der Waals surface area contributed by atoms with Crippen molar-refractivity contribution < 1.29 is 78.1 Å². The third-order valence-corrected chi connectivity index (χ3v) is 12.8. The molecule has 17 heteroatoms. The maximum absolute atomic E-state index is 13.6. The Morgan fingerprint density at radius 3 is 2.09 bits per heavy atom. The van der Waals surface area contributed by atoms with Crippen LogP contribution in [-0.2, 0) is 37.5 Å². The van der Waals surface area contributed by atoms with E-state index in [0.29, 0.717) is 25.7 Å². The molecular formula is C47H81O16P. The van der Waals surface area contributed by atoms with Gasteiger partial charge in [-0.3, -0.25) is 23.4 Å². The van der Waals surface area contributed by atoms with Crippen molar-refractivity contribution in [1.82, 2.24) is 0 Å². The van der Waals surface area contributed by atoms with Crippen LogP contribution >= 0.6 is 7.82 Å². The predicted molar refractivity (Wildman–Crippen MR) is 240 cm³/mol. The minimum absolute atomic E-state index is 0.0940. The van der Waals surface area contributed by atoms with Crippen molar-refractivity contribution in [2.75, 3.05) is 13.2 Å². The molecule has 0 radical (unpaired) electrons. The van der Waals surface area contributed by atoms with Crippen molar-refractivity contribution in [2.45, 2.75) is 216 Å². The Hall–Kier alpha value is -2.34. The summed E-state index contributed by atoms with van der Waals surface area (Å²) < 4.78 is 34.6. The molecule has 64 heavy (non-hydrogen) atoms. The zero-order chi connectivity index (χ0) is 47.3. The van der Waals surface area contributed by atoms with Crippen molar-refractivity contribution in [2.24, 2.45) is 11.8 Å². The lowest BCUT2D eigenvalue weighted by Crippen LogP contribution is -2.55. The molecule has 1 fully saturated rings. The highest BCUT2D eigenvalue weighted by Gasteiger charge is 2.49. The first kappa shape index (κ1) is 57.8. The van der Waals surface area contributed by atoms with Gasteiger partial charge in [-0.2, -0.15) is 0 Å². The van der Waals surface area contributed by atoms with E-state index in [2.05, 4.69) is 19.1 Å². The van der Waals surface area contributed by atoms with Crippen molar-refractivity contribution in [3.8, 4) is 0 Å². The molecule has 0 aromatic rings. The second-order valence-electron chi connectivity index (χ2n) is 17.4.